The van der Waals surface area contributed by atoms with Crippen LogP contribution in [-0.4, -0.2) is 33.4 Å². The van der Waals surface area contributed by atoms with Crippen LogP contribution in [-0.2, 0) is 4.79 Å². The van der Waals surface area contributed by atoms with Gasteiger partial charge in [0.05, 0.1) is 17.9 Å². The van der Waals surface area contributed by atoms with E-state index >= 15 is 0 Å². The molecule has 5 nitrogen and oxygen atoms in total. The van der Waals surface area contributed by atoms with E-state index in [0.717, 1.165) is 45.4 Å². The molecule has 1 fully saturated rings. The van der Waals surface area contributed by atoms with E-state index in [2.05, 4.69) is 0 Å². The Morgan fingerprint density at radius 2 is 1.97 bits per heavy atom. The molecule has 156 valence electrons. The molecule has 2 atom stereocenters. The number of aliphatic hydroxyl groups excluding tert-OH is 2. The molecule has 3 aromatic rings. The summed E-state index contributed by atoms with van der Waals surface area (Å²) in [6.07, 6.45) is 2.57. The Morgan fingerprint density at radius 3 is 2.61 bits per heavy atom. The van der Waals surface area contributed by atoms with E-state index < -0.39 is 24.6 Å². The van der Waals surface area contributed by atoms with Crippen molar-refractivity contribution in [3.05, 3.63) is 58.9 Å². The minimum Gasteiger partial charge on any atom is -0.550 e. The van der Waals surface area contributed by atoms with Gasteiger partial charge in [0.25, 0.3) is 0 Å². The maximum Gasteiger partial charge on any atom is 1.00 e. The number of aliphatic hydroxyl groups is 2. The van der Waals surface area contributed by atoms with Crippen LogP contribution >= 0.6 is 11.3 Å². The zero-order chi connectivity index (χ0) is 21.3. The third-order valence-corrected chi connectivity index (χ3v) is 5.99. The summed E-state index contributed by atoms with van der Waals surface area (Å²) < 4.78 is 13.5. The number of aromatic nitrogens is 1. The van der Waals surface area contributed by atoms with E-state index in [-0.39, 0.29) is 41.8 Å². The summed E-state index contributed by atoms with van der Waals surface area (Å²) in [6, 6.07) is 8.29. The van der Waals surface area contributed by atoms with Crippen LogP contribution in [0.4, 0.5) is 4.39 Å². The molecule has 1 saturated carbocycles. The average molecular weight is 449 g/mol. The van der Waals surface area contributed by atoms with E-state index in [1.54, 1.807) is 35.6 Å². The molecule has 1 aliphatic rings. The molecule has 0 bridgehead atoms. The van der Waals surface area contributed by atoms with Crippen molar-refractivity contribution in [3.8, 4) is 11.1 Å². The fourth-order valence-corrected chi connectivity index (χ4v) is 4.41. The van der Waals surface area contributed by atoms with Gasteiger partial charge in [-0.2, -0.15) is 0 Å². The fourth-order valence-electron chi connectivity index (χ4n) is 3.63. The van der Waals surface area contributed by atoms with E-state index in [0.29, 0.717) is 5.92 Å². The molecule has 4 rings (SSSR count). The van der Waals surface area contributed by atoms with Crippen LogP contribution < -0.4 is 34.7 Å². The van der Waals surface area contributed by atoms with Gasteiger partial charge in [0.2, 0.25) is 0 Å². The Balaban J connectivity index is 0.00000272. The number of hydrogen-bond acceptors (Lipinski definition) is 6. The van der Waals surface area contributed by atoms with Gasteiger partial charge in [-0.05, 0) is 42.0 Å². The average Bonchev–Trinajstić information content (AvgIpc) is 3.43. The van der Waals surface area contributed by atoms with Gasteiger partial charge in [-0.15, -0.1) is 11.3 Å². The van der Waals surface area contributed by atoms with Crippen LogP contribution in [0.2, 0.25) is 0 Å². The first-order valence-electron chi connectivity index (χ1n) is 9.83. The van der Waals surface area contributed by atoms with Gasteiger partial charge >= 0.3 is 29.6 Å². The van der Waals surface area contributed by atoms with Crippen molar-refractivity contribution < 1.29 is 54.1 Å². The number of aliphatic carboxylic acids is 1. The number of carboxylic acid groups (broad SMARTS) is 1. The van der Waals surface area contributed by atoms with Gasteiger partial charge in [-0.25, -0.2) is 9.37 Å². The summed E-state index contributed by atoms with van der Waals surface area (Å²) >= 11 is 1.55. The van der Waals surface area contributed by atoms with Gasteiger partial charge in [-0.3, -0.25) is 0 Å². The molecule has 2 N–H and O–H groups in total. The Hall–Kier alpha value is -1.61. The Kier molecular flexibility index (Phi) is 8.02. The summed E-state index contributed by atoms with van der Waals surface area (Å²) in [4.78, 5) is 16.4. The Morgan fingerprint density at radius 1 is 1.26 bits per heavy atom. The number of benzene rings is 1. The van der Waals surface area contributed by atoms with Crippen LogP contribution in [0.25, 0.3) is 27.4 Å². The first-order valence-corrected chi connectivity index (χ1v) is 10.7. The van der Waals surface area contributed by atoms with Gasteiger partial charge < -0.3 is 20.1 Å². The van der Waals surface area contributed by atoms with Gasteiger partial charge in [-0.1, -0.05) is 24.3 Å². The van der Waals surface area contributed by atoms with Crippen LogP contribution in [0.3, 0.4) is 0 Å². The maximum absolute atomic E-state index is 13.5. The van der Waals surface area contributed by atoms with Gasteiger partial charge in [0.15, 0.2) is 0 Å². The molecule has 0 amide bonds. The zero-order valence-electron chi connectivity index (χ0n) is 17.1. The predicted octanol–water partition coefficient (Wildman–Crippen LogP) is 0.249. The number of fused-ring (bicyclic) bond motifs is 1. The van der Waals surface area contributed by atoms with Gasteiger partial charge in [0, 0.05) is 41.2 Å². The number of carboxylic acids is 1. The normalized spacial score (nSPS) is 15.7. The molecule has 0 spiro atoms. The minimum absolute atomic E-state index is 0. The third kappa shape index (κ3) is 5.80. The maximum atomic E-state index is 13.5. The molecular weight excluding hydrogens is 428 g/mol. The summed E-state index contributed by atoms with van der Waals surface area (Å²) in [5, 5.41) is 33.6. The monoisotopic (exact) mass is 449 g/mol. The molecule has 2 heterocycles. The first kappa shape index (κ1) is 24.0. The molecule has 0 radical (unpaired) electrons. The number of hydrogen-bond donors (Lipinski definition) is 2. The summed E-state index contributed by atoms with van der Waals surface area (Å²) in [6.45, 7) is 0. The van der Waals surface area contributed by atoms with Crippen molar-refractivity contribution in [2.75, 3.05) is 0 Å². The third-order valence-electron chi connectivity index (χ3n) is 5.18. The topological polar surface area (TPSA) is 93.5 Å². The number of halogens is 1. The smallest absolute Gasteiger partial charge is 0.550 e. The van der Waals surface area contributed by atoms with Gasteiger partial charge in [0.1, 0.15) is 10.6 Å². The molecule has 2 aromatic heterocycles. The second-order valence-corrected chi connectivity index (χ2v) is 8.49. The number of rotatable bonds is 8. The minimum atomic E-state index is -1.36. The molecule has 1 aliphatic carbocycles. The molecule has 1 aromatic carbocycles. The standard InChI is InChI=1S/C23H22FNO4S.Na/c24-15-5-3-13(4-6-15)21-18(8-7-16(26)11-17(27)12-20(28)29)22(14-1-2-14)25-23-19(21)9-10-30-23;/h3-10,14,16-17,26-27H,1-2,11-12H2,(H,28,29);/q;+1/p-1/b8-7+;/t16-,17-;/m1./s1. The largest absolute Gasteiger partial charge is 1.00 e. The van der Waals surface area contributed by atoms with Crippen LogP contribution in [0.1, 0.15) is 42.9 Å². The van der Waals surface area contributed by atoms with Crippen LogP contribution in [0.15, 0.2) is 41.8 Å². The fraction of sp³-hybridized carbons (Fsp3) is 0.304. The Labute approximate surface area is 205 Å². The quantitative estimate of drug-likeness (QED) is 0.481. The van der Waals surface area contributed by atoms with E-state index in [4.69, 9.17) is 4.98 Å². The zero-order valence-corrected chi connectivity index (χ0v) is 19.9. The summed E-state index contributed by atoms with van der Waals surface area (Å²) in [5.41, 5.74) is 3.60. The van der Waals surface area contributed by atoms with E-state index in [1.165, 1.54) is 12.1 Å². The van der Waals surface area contributed by atoms with Crippen molar-refractivity contribution in [1.82, 2.24) is 4.98 Å². The molecule has 0 saturated heterocycles. The second kappa shape index (κ2) is 10.3. The van der Waals surface area contributed by atoms with Crippen molar-refractivity contribution in [2.45, 2.75) is 43.8 Å². The molecule has 0 aliphatic heterocycles. The number of carbonyl (C=O) groups is 1. The van der Waals surface area contributed by atoms with Crippen LogP contribution in [0.5, 0.6) is 0 Å². The number of carbonyl (C=O) groups excluding carboxylic acids is 1. The number of pyridine rings is 1. The van der Waals surface area contributed by atoms with Crippen molar-refractivity contribution >= 4 is 33.6 Å². The molecule has 31 heavy (non-hydrogen) atoms. The van der Waals surface area contributed by atoms with Crippen molar-refractivity contribution in [2.24, 2.45) is 0 Å². The van der Waals surface area contributed by atoms with Crippen molar-refractivity contribution in [3.63, 3.8) is 0 Å². The van der Waals surface area contributed by atoms with Crippen LogP contribution in [0, 0.1) is 5.82 Å². The Bertz CT molecular complexity index is 1090. The number of nitrogens with zero attached hydrogens (tertiary/aromatic N) is 1. The summed E-state index contributed by atoms with van der Waals surface area (Å²) in [5.74, 6) is -1.33. The second-order valence-electron chi connectivity index (χ2n) is 7.60. The molecular formula is C23H21FNNaO4S. The number of thiophene rings is 1. The molecule has 0 unspecified atom stereocenters. The molecule has 8 heteroatoms. The summed E-state index contributed by atoms with van der Waals surface area (Å²) in [7, 11) is 0. The van der Waals surface area contributed by atoms with E-state index in [9.17, 15) is 24.5 Å². The SMILES string of the molecule is O=C([O-])C[C@H](O)C[C@H](O)/C=C/c1c(C2CC2)nc2sccc2c1-c1ccc(F)cc1.[Na+]. The van der Waals surface area contributed by atoms with Crippen molar-refractivity contribution in [1.29, 1.82) is 0 Å². The predicted molar refractivity (Wildman–Crippen MR) is 112 cm³/mol. The van der Waals surface area contributed by atoms with E-state index in [1.807, 2.05) is 11.4 Å². The first-order chi connectivity index (χ1) is 14.4.